The second-order valence-electron chi connectivity index (χ2n) is 1.87. The number of carbonyl (C=O) groups excluding carboxylic acids is 2. The highest BCUT2D eigenvalue weighted by atomic mass is 19.4. The third-order valence-corrected chi connectivity index (χ3v) is 1.06. The van der Waals surface area contributed by atoms with Crippen molar-refractivity contribution < 1.29 is 22.8 Å². The molecule has 0 spiro atoms. The third kappa shape index (κ3) is 1.39. The van der Waals surface area contributed by atoms with Gasteiger partial charge in [-0.25, -0.2) is 0 Å². The number of hydrogen-bond acceptors (Lipinski definition) is 2. The first-order chi connectivity index (χ1) is 4.91. The molecule has 0 aromatic heterocycles. The minimum Gasteiger partial charge on any atom is -0.289 e. The molecule has 2 amide bonds. The van der Waals surface area contributed by atoms with Crippen molar-refractivity contribution in [2.24, 2.45) is 0 Å². The average Bonchev–Trinajstić information content (AvgIpc) is 2.08. The Bertz CT molecular complexity index is 253. The van der Waals surface area contributed by atoms with Crippen LogP contribution < -0.4 is 5.32 Å². The van der Waals surface area contributed by atoms with Gasteiger partial charge in [-0.3, -0.25) is 14.9 Å². The topological polar surface area (TPSA) is 46.2 Å². The third-order valence-electron chi connectivity index (χ3n) is 1.06. The van der Waals surface area contributed by atoms with Gasteiger partial charge in [0.15, 0.2) is 0 Å². The van der Waals surface area contributed by atoms with Gasteiger partial charge < -0.3 is 0 Å². The van der Waals surface area contributed by atoms with E-state index >= 15 is 0 Å². The molecule has 0 aromatic carbocycles. The second kappa shape index (κ2) is 2.08. The number of imide groups is 1. The smallest absolute Gasteiger partial charge is 0.289 e. The summed E-state index contributed by atoms with van der Waals surface area (Å²) in [6.45, 7) is 0. The van der Waals surface area contributed by atoms with E-state index < -0.39 is 23.6 Å². The highest BCUT2D eigenvalue weighted by Gasteiger charge is 2.42. The van der Waals surface area contributed by atoms with Crippen molar-refractivity contribution in [3.8, 4) is 0 Å². The van der Waals surface area contributed by atoms with Crippen molar-refractivity contribution in [1.82, 2.24) is 5.32 Å². The Morgan fingerprint density at radius 3 is 2.00 bits per heavy atom. The van der Waals surface area contributed by atoms with Gasteiger partial charge in [-0.05, 0) is 0 Å². The van der Waals surface area contributed by atoms with Crippen molar-refractivity contribution in [3.63, 3.8) is 0 Å². The molecule has 0 radical (unpaired) electrons. The Balaban J connectivity index is 2.97. The molecule has 11 heavy (non-hydrogen) atoms. The molecule has 0 saturated carbocycles. The molecule has 1 N–H and O–H groups in total. The number of hydrogen-bond donors (Lipinski definition) is 1. The molecule has 6 heteroatoms. The quantitative estimate of drug-likeness (QED) is 0.518. The SMILES string of the molecule is O=C1C=C(C(F)(F)F)C(=O)N1. The van der Waals surface area contributed by atoms with Crippen molar-refractivity contribution in [3.05, 3.63) is 11.6 Å². The summed E-state index contributed by atoms with van der Waals surface area (Å²) in [5, 5.41) is 1.48. The minimum atomic E-state index is -4.74. The molecule has 1 aliphatic heterocycles. The Kier molecular flexibility index (Phi) is 1.47. The van der Waals surface area contributed by atoms with E-state index in [0.717, 1.165) is 0 Å². The second-order valence-corrected chi connectivity index (χ2v) is 1.87. The number of halogens is 3. The van der Waals surface area contributed by atoms with Crippen LogP contribution in [0.3, 0.4) is 0 Å². The molecule has 0 aromatic rings. The lowest BCUT2D eigenvalue weighted by molar-refractivity contribution is -0.130. The van der Waals surface area contributed by atoms with Crippen LogP contribution in [0.2, 0.25) is 0 Å². The Labute approximate surface area is 58.9 Å². The monoisotopic (exact) mass is 165 g/mol. The highest BCUT2D eigenvalue weighted by Crippen LogP contribution is 2.27. The molecular weight excluding hydrogens is 163 g/mol. The summed E-state index contributed by atoms with van der Waals surface area (Å²) in [6, 6.07) is 0. The normalized spacial score (nSPS) is 18.3. The van der Waals surface area contributed by atoms with Crippen molar-refractivity contribution in [1.29, 1.82) is 0 Å². The number of alkyl halides is 3. The van der Waals surface area contributed by atoms with Crippen LogP contribution in [0.25, 0.3) is 0 Å². The molecule has 0 bridgehead atoms. The zero-order valence-corrected chi connectivity index (χ0v) is 5.03. The summed E-state index contributed by atoms with van der Waals surface area (Å²) < 4.78 is 35.1. The van der Waals surface area contributed by atoms with E-state index in [1.165, 1.54) is 5.32 Å². The predicted octanol–water partition coefficient (Wildman–Crippen LogP) is 0.132. The van der Waals surface area contributed by atoms with Crippen molar-refractivity contribution >= 4 is 11.8 Å². The summed E-state index contributed by atoms with van der Waals surface area (Å²) in [6.07, 6.45) is -4.50. The van der Waals surface area contributed by atoms with Crippen LogP contribution in [-0.4, -0.2) is 18.0 Å². The van der Waals surface area contributed by atoms with Gasteiger partial charge in [-0.2, -0.15) is 13.2 Å². The van der Waals surface area contributed by atoms with E-state index in [0.29, 0.717) is 0 Å². The summed E-state index contributed by atoms with van der Waals surface area (Å²) in [5.74, 6) is -2.41. The van der Waals surface area contributed by atoms with Crippen LogP contribution in [0.15, 0.2) is 11.6 Å². The fourth-order valence-electron chi connectivity index (χ4n) is 0.623. The van der Waals surface area contributed by atoms with Crippen LogP contribution in [0.1, 0.15) is 0 Å². The van der Waals surface area contributed by atoms with Gasteiger partial charge in [0.25, 0.3) is 11.8 Å². The lowest BCUT2D eigenvalue weighted by Crippen LogP contribution is -2.27. The van der Waals surface area contributed by atoms with Gasteiger partial charge in [0.1, 0.15) is 5.57 Å². The number of nitrogens with one attached hydrogen (secondary N) is 1. The Morgan fingerprint density at radius 1 is 1.27 bits per heavy atom. The predicted molar refractivity (Wildman–Crippen MR) is 27.3 cm³/mol. The van der Waals surface area contributed by atoms with Gasteiger partial charge in [-0.15, -0.1) is 0 Å². The standard InChI is InChI=1S/C5H2F3NO2/c6-5(7,8)2-1-3(10)9-4(2)11/h1H,(H,9,10,11). The van der Waals surface area contributed by atoms with Crippen molar-refractivity contribution in [2.45, 2.75) is 6.18 Å². The molecule has 0 unspecified atom stereocenters. The van der Waals surface area contributed by atoms with Crippen LogP contribution in [0, 0.1) is 0 Å². The average molecular weight is 165 g/mol. The minimum absolute atomic E-state index is 0.238. The maximum Gasteiger partial charge on any atom is 0.421 e. The van der Waals surface area contributed by atoms with Gasteiger partial charge >= 0.3 is 6.18 Å². The molecule has 0 aliphatic carbocycles. The maximum atomic E-state index is 11.7. The summed E-state index contributed by atoms with van der Waals surface area (Å²) in [5.41, 5.74) is -1.44. The summed E-state index contributed by atoms with van der Waals surface area (Å²) in [4.78, 5) is 20.5. The van der Waals surface area contributed by atoms with Gasteiger partial charge in [0.05, 0.1) is 0 Å². The lowest BCUT2D eigenvalue weighted by Gasteiger charge is -2.02. The molecule has 1 heterocycles. The van der Waals surface area contributed by atoms with E-state index in [-0.39, 0.29) is 6.08 Å². The zero-order valence-electron chi connectivity index (χ0n) is 5.03. The number of rotatable bonds is 0. The van der Waals surface area contributed by atoms with Crippen LogP contribution in [0.5, 0.6) is 0 Å². The summed E-state index contributed by atoms with van der Waals surface area (Å²) >= 11 is 0. The van der Waals surface area contributed by atoms with E-state index in [2.05, 4.69) is 0 Å². The van der Waals surface area contributed by atoms with Crippen LogP contribution in [0.4, 0.5) is 13.2 Å². The molecule has 0 fully saturated rings. The molecule has 0 saturated heterocycles. The van der Waals surface area contributed by atoms with E-state index in [1.807, 2.05) is 0 Å². The van der Waals surface area contributed by atoms with Crippen molar-refractivity contribution in [2.75, 3.05) is 0 Å². The largest absolute Gasteiger partial charge is 0.421 e. The lowest BCUT2D eigenvalue weighted by atomic mass is 10.3. The highest BCUT2D eigenvalue weighted by molar-refractivity contribution is 6.16. The summed E-state index contributed by atoms with van der Waals surface area (Å²) in [7, 11) is 0. The van der Waals surface area contributed by atoms with Gasteiger partial charge in [-0.1, -0.05) is 0 Å². The fraction of sp³-hybridized carbons (Fsp3) is 0.200. The van der Waals surface area contributed by atoms with Gasteiger partial charge in [0.2, 0.25) is 0 Å². The van der Waals surface area contributed by atoms with E-state index in [4.69, 9.17) is 0 Å². The number of carbonyl (C=O) groups is 2. The van der Waals surface area contributed by atoms with E-state index in [9.17, 15) is 22.8 Å². The molecule has 60 valence electrons. The van der Waals surface area contributed by atoms with E-state index in [1.54, 1.807) is 0 Å². The molecule has 1 rings (SSSR count). The molecular formula is C5H2F3NO2. The Morgan fingerprint density at radius 2 is 1.82 bits per heavy atom. The molecule has 1 aliphatic rings. The Hall–Kier alpha value is -1.33. The first-order valence-corrected chi connectivity index (χ1v) is 2.55. The molecule has 0 atom stereocenters. The van der Waals surface area contributed by atoms with Crippen LogP contribution >= 0.6 is 0 Å². The first-order valence-electron chi connectivity index (χ1n) is 2.55. The number of amides is 2. The maximum absolute atomic E-state index is 11.7. The first kappa shape index (κ1) is 7.77. The van der Waals surface area contributed by atoms with Gasteiger partial charge in [0, 0.05) is 6.08 Å². The fourth-order valence-corrected chi connectivity index (χ4v) is 0.623. The molecule has 3 nitrogen and oxygen atoms in total. The zero-order chi connectivity index (χ0) is 8.65. The van der Waals surface area contributed by atoms with Crippen LogP contribution in [-0.2, 0) is 9.59 Å².